The van der Waals surface area contributed by atoms with Crippen molar-refractivity contribution >= 4 is 0 Å². The van der Waals surface area contributed by atoms with E-state index in [-0.39, 0.29) is 0 Å². The molecule has 1 aliphatic rings. The minimum absolute atomic E-state index is 0.587. The average Bonchev–Trinajstić information content (AvgIpc) is 2.28. The maximum atomic E-state index is 4.99. The average molecular weight is 210 g/mol. The van der Waals surface area contributed by atoms with Gasteiger partial charge in [-0.25, -0.2) is 0 Å². The van der Waals surface area contributed by atoms with E-state index in [0.29, 0.717) is 11.9 Å². The zero-order chi connectivity index (χ0) is 11.1. The monoisotopic (exact) mass is 210 g/mol. The number of rotatable bonds is 6. The SMILES string of the molecule is C=CCN1CCCCC1CNC(=C)OC. The zero-order valence-corrected chi connectivity index (χ0v) is 9.67. The second-order valence-electron chi connectivity index (χ2n) is 3.94. The molecule has 0 spiro atoms. The number of hydrogen-bond donors (Lipinski definition) is 1. The standard InChI is InChI=1S/C12H22N2O/c1-4-8-14-9-6-5-7-12(14)10-13-11(2)15-3/h4,12-13H,1-2,5-10H2,3H3. The van der Waals surface area contributed by atoms with E-state index in [1.807, 2.05) is 6.08 Å². The molecule has 1 heterocycles. The highest BCUT2D eigenvalue weighted by molar-refractivity contribution is 4.87. The van der Waals surface area contributed by atoms with Gasteiger partial charge in [-0.15, -0.1) is 6.58 Å². The Morgan fingerprint density at radius 2 is 2.40 bits per heavy atom. The third-order valence-corrected chi connectivity index (χ3v) is 2.89. The van der Waals surface area contributed by atoms with Crippen LogP contribution in [-0.2, 0) is 4.74 Å². The third-order valence-electron chi connectivity index (χ3n) is 2.89. The normalized spacial score (nSPS) is 22.1. The van der Waals surface area contributed by atoms with Crippen molar-refractivity contribution in [3.05, 3.63) is 25.1 Å². The van der Waals surface area contributed by atoms with E-state index in [1.54, 1.807) is 7.11 Å². The molecule has 1 aliphatic heterocycles. The van der Waals surface area contributed by atoms with Crippen molar-refractivity contribution in [3.8, 4) is 0 Å². The molecule has 0 aliphatic carbocycles. The van der Waals surface area contributed by atoms with Gasteiger partial charge in [-0.2, -0.15) is 0 Å². The molecule has 0 radical (unpaired) electrons. The van der Waals surface area contributed by atoms with Crippen LogP contribution in [0.5, 0.6) is 0 Å². The fourth-order valence-corrected chi connectivity index (χ4v) is 2.00. The Morgan fingerprint density at radius 3 is 3.07 bits per heavy atom. The van der Waals surface area contributed by atoms with E-state index in [4.69, 9.17) is 4.74 Å². The summed E-state index contributed by atoms with van der Waals surface area (Å²) >= 11 is 0. The van der Waals surface area contributed by atoms with Crippen LogP contribution in [0, 0.1) is 0 Å². The minimum atomic E-state index is 0.587. The number of nitrogens with zero attached hydrogens (tertiary/aromatic N) is 1. The molecule has 1 atom stereocenters. The fraction of sp³-hybridized carbons (Fsp3) is 0.667. The summed E-state index contributed by atoms with van der Waals surface area (Å²) < 4.78 is 4.99. The smallest absolute Gasteiger partial charge is 0.178 e. The van der Waals surface area contributed by atoms with Crippen molar-refractivity contribution in [2.75, 3.05) is 26.7 Å². The van der Waals surface area contributed by atoms with Crippen LogP contribution in [0.25, 0.3) is 0 Å². The van der Waals surface area contributed by atoms with E-state index in [1.165, 1.54) is 25.8 Å². The first-order chi connectivity index (χ1) is 7.27. The largest absolute Gasteiger partial charge is 0.483 e. The van der Waals surface area contributed by atoms with Crippen LogP contribution in [0.3, 0.4) is 0 Å². The molecule has 0 aromatic heterocycles. The van der Waals surface area contributed by atoms with Gasteiger partial charge in [-0.1, -0.05) is 12.5 Å². The molecule has 1 unspecified atom stereocenters. The van der Waals surface area contributed by atoms with Gasteiger partial charge in [-0.05, 0) is 26.0 Å². The summed E-state index contributed by atoms with van der Waals surface area (Å²) in [7, 11) is 1.64. The van der Waals surface area contributed by atoms with E-state index in [2.05, 4.69) is 23.4 Å². The number of ether oxygens (including phenoxy) is 1. The molecule has 0 amide bonds. The maximum Gasteiger partial charge on any atom is 0.178 e. The molecule has 0 aromatic carbocycles. The van der Waals surface area contributed by atoms with Crippen molar-refractivity contribution in [3.63, 3.8) is 0 Å². The van der Waals surface area contributed by atoms with Gasteiger partial charge in [0.2, 0.25) is 0 Å². The molecule has 86 valence electrons. The maximum absolute atomic E-state index is 4.99. The first kappa shape index (κ1) is 12.1. The number of piperidine rings is 1. The molecule has 1 rings (SSSR count). The van der Waals surface area contributed by atoms with Crippen molar-refractivity contribution in [2.24, 2.45) is 0 Å². The highest BCUT2D eigenvalue weighted by Gasteiger charge is 2.20. The molecule has 3 heteroatoms. The highest BCUT2D eigenvalue weighted by Crippen LogP contribution is 2.16. The van der Waals surface area contributed by atoms with E-state index >= 15 is 0 Å². The summed E-state index contributed by atoms with van der Waals surface area (Å²) in [6.07, 6.45) is 5.84. The van der Waals surface area contributed by atoms with Gasteiger partial charge in [0.1, 0.15) is 0 Å². The second-order valence-corrected chi connectivity index (χ2v) is 3.94. The van der Waals surface area contributed by atoms with Gasteiger partial charge in [0.05, 0.1) is 7.11 Å². The molecule has 0 bridgehead atoms. The van der Waals surface area contributed by atoms with Crippen molar-refractivity contribution in [1.82, 2.24) is 10.2 Å². The molecule has 0 saturated carbocycles. The lowest BCUT2D eigenvalue weighted by Crippen LogP contribution is -2.45. The lowest BCUT2D eigenvalue weighted by molar-refractivity contribution is 0.155. The van der Waals surface area contributed by atoms with Gasteiger partial charge in [0.25, 0.3) is 0 Å². The van der Waals surface area contributed by atoms with Gasteiger partial charge in [0.15, 0.2) is 5.88 Å². The predicted octanol–water partition coefficient (Wildman–Crippen LogP) is 1.73. The summed E-state index contributed by atoms with van der Waals surface area (Å²) in [6.45, 7) is 10.6. The molecule has 3 nitrogen and oxygen atoms in total. The summed E-state index contributed by atoms with van der Waals surface area (Å²) in [4.78, 5) is 2.46. The van der Waals surface area contributed by atoms with Crippen LogP contribution in [0.1, 0.15) is 19.3 Å². The third kappa shape index (κ3) is 3.96. The molecular weight excluding hydrogens is 188 g/mol. The quantitative estimate of drug-likeness (QED) is 0.534. The summed E-state index contributed by atoms with van der Waals surface area (Å²) in [5.41, 5.74) is 0. The fourth-order valence-electron chi connectivity index (χ4n) is 2.00. The Kier molecular flexibility index (Phi) is 5.26. The van der Waals surface area contributed by atoms with E-state index in [0.717, 1.165) is 13.1 Å². The minimum Gasteiger partial charge on any atom is -0.483 e. The Labute approximate surface area is 92.8 Å². The second kappa shape index (κ2) is 6.51. The number of nitrogens with one attached hydrogen (secondary N) is 1. The summed E-state index contributed by atoms with van der Waals surface area (Å²) in [5, 5.41) is 3.20. The van der Waals surface area contributed by atoms with Crippen LogP contribution in [0.4, 0.5) is 0 Å². The topological polar surface area (TPSA) is 24.5 Å². The van der Waals surface area contributed by atoms with E-state index in [9.17, 15) is 0 Å². The Hall–Kier alpha value is -0.960. The lowest BCUT2D eigenvalue weighted by Gasteiger charge is -2.35. The first-order valence-corrected chi connectivity index (χ1v) is 5.59. The van der Waals surface area contributed by atoms with Gasteiger partial charge in [0, 0.05) is 19.1 Å². The molecule has 1 saturated heterocycles. The Balaban J connectivity index is 2.35. The Bertz CT molecular complexity index is 216. The van der Waals surface area contributed by atoms with Crippen LogP contribution in [0.15, 0.2) is 25.1 Å². The predicted molar refractivity (Wildman–Crippen MR) is 63.6 cm³/mol. The van der Waals surface area contributed by atoms with Crippen LogP contribution >= 0.6 is 0 Å². The van der Waals surface area contributed by atoms with Crippen LogP contribution in [0.2, 0.25) is 0 Å². The molecule has 1 fully saturated rings. The summed E-state index contributed by atoms with van der Waals surface area (Å²) in [6, 6.07) is 0.587. The summed E-state index contributed by atoms with van der Waals surface area (Å²) in [5.74, 6) is 0.652. The number of likely N-dealkylation sites (tertiary alicyclic amines) is 1. The van der Waals surface area contributed by atoms with Gasteiger partial charge < -0.3 is 10.1 Å². The van der Waals surface area contributed by atoms with Crippen LogP contribution < -0.4 is 5.32 Å². The molecule has 1 N–H and O–H groups in total. The Morgan fingerprint density at radius 1 is 1.60 bits per heavy atom. The highest BCUT2D eigenvalue weighted by atomic mass is 16.5. The molecule has 15 heavy (non-hydrogen) atoms. The van der Waals surface area contributed by atoms with Gasteiger partial charge >= 0.3 is 0 Å². The van der Waals surface area contributed by atoms with E-state index < -0.39 is 0 Å². The number of methoxy groups -OCH3 is 1. The van der Waals surface area contributed by atoms with Gasteiger partial charge in [-0.3, -0.25) is 4.90 Å². The molecule has 0 aromatic rings. The van der Waals surface area contributed by atoms with Crippen LogP contribution in [-0.4, -0.2) is 37.7 Å². The zero-order valence-electron chi connectivity index (χ0n) is 9.67. The molecular formula is C12H22N2O. The first-order valence-electron chi connectivity index (χ1n) is 5.59. The lowest BCUT2D eigenvalue weighted by atomic mass is 10.0. The number of hydrogen-bond acceptors (Lipinski definition) is 3. The van der Waals surface area contributed by atoms with Crippen molar-refractivity contribution < 1.29 is 4.74 Å². The van der Waals surface area contributed by atoms with Crippen molar-refractivity contribution in [1.29, 1.82) is 0 Å². The van der Waals surface area contributed by atoms with Crippen molar-refractivity contribution in [2.45, 2.75) is 25.3 Å².